The minimum atomic E-state index is -3.37. The van der Waals surface area contributed by atoms with E-state index in [1.54, 1.807) is 24.3 Å². The molecule has 0 aliphatic carbocycles. The summed E-state index contributed by atoms with van der Waals surface area (Å²) in [5, 5.41) is 6.25. The Morgan fingerprint density at radius 3 is 2.12 bits per heavy atom. The van der Waals surface area contributed by atoms with Crippen LogP contribution < -0.4 is 14.9 Å². The first kappa shape index (κ1) is 19.1. The Labute approximate surface area is 166 Å². The molecule has 2 aromatic rings. The van der Waals surface area contributed by atoms with Crippen LogP contribution in [0, 0.1) is 0 Å². The van der Waals surface area contributed by atoms with Crippen LogP contribution in [-0.4, -0.2) is 26.7 Å². The largest absolute Gasteiger partial charge is 0.323 e. The van der Waals surface area contributed by atoms with Gasteiger partial charge in [0.05, 0.1) is 26.5 Å². The topological polar surface area (TPSA) is 78.5 Å². The predicted molar refractivity (Wildman–Crippen MR) is 106 cm³/mol. The van der Waals surface area contributed by atoms with Crippen molar-refractivity contribution in [2.45, 2.75) is 6.42 Å². The van der Waals surface area contributed by atoms with Crippen molar-refractivity contribution in [3.05, 3.63) is 51.5 Å². The fourth-order valence-electron chi connectivity index (χ4n) is 2.56. The van der Waals surface area contributed by atoms with Crippen molar-refractivity contribution in [1.29, 1.82) is 0 Å². The third kappa shape index (κ3) is 4.17. The molecule has 0 aromatic heterocycles. The zero-order chi connectivity index (χ0) is 18.9. The highest BCUT2D eigenvalue weighted by molar-refractivity contribution is 7.93. The van der Waals surface area contributed by atoms with Gasteiger partial charge in [-0.3, -0.25) is 4.31 Å². The van der Waals surface area contributed by atoms with Crippen molar-refractivity contribution in [2.75, 3.05) is 27.2 Å². The van der Waals surface area contributed by atoms with Crippen LogP contribution in [0.2, 0.25) is 15.1 Å². The van der Waals surface area contributed by atoms with E-state index in [1.165, 1.54) is 16.4 Å². The molecule has 0 spiro atoms. The van der Waals surface area contributed by atoms with Gasteiger partial charge in [0.15, 0.2) is 0 Å². The molecule has 1 fully saturated rings. The van der Waals surface area contributed by atoms with Crippen LogP contribution in [0.1, 0.15) is 6.42 Å². The number of carbonyl (C=O) groups excluding carboxylic acids is 1. The normalized spacial score (nSPS) is 15.7. The summed E-state index contributed by atoms with van der Waals surface area (Å²) in [4.78, 5) is 12.2. The number of urea groups is 1. The number of sulfonamides is 1. The summed E-state index contributed by atoms with van der Waals surface area (Å²) >= 11 is 17.9. The van der Waals surface area contributed by atoms with Gasteiger partial charge in [0.2, 0.25) is 10.0 Å². The molecule has 26 heavy (non-hydrogen) atoms. The molecule has 0 atom stereocenters. The number of halogens is 3. The standard InChI is InChI=1S/C16H14Cl3N3O3S/c17-12-4-2-10(8-14(12)19)20-16(23)21-11-3-5-13(18)15(9-11)22-6-1-7-26(22,24)25/h2-5,8-9H,1,6-7H2,(H2,20,21,23). The summed E-state index contributed by atoms with van der Waals surface area (Å²) < 4.78 is 25.4. The number of nitrogens with zero attached hydrogens (tertiary/aromatic N) is 1. The van der Waals surface area contributed by atoms with Gasteiger partial charge in [0.25, 0.3) is 0 Å². The summed E-state index contributed by atoms with van der Waals surface area (Å²) in [5.41, 5.74) is 1.22. The van der Waals surface area contributed by atoms with E-state index < -0.39 is 16.1 Å². The molecule has 2 aromatic carbocycles. The summed E-state index contributed by atoms with van der Waals surface area (Å²) in [6, 6.07) is 8.84. The Hall–Kier alpha value is -1.67. The number of benzene rings is 2. The minimum Gasteiger partial charge on any atom is -0.308 e. The lowest BCUT2D eigenvalue weighted by atomic mass is 10.2. The molecule has 1 heterocycles. The molecule has 1 aliphatic rings. The summed E-state index contributed by atoms with van der Waals surface area (Å²) in [7, 11) is -3.37. The molecule has 3 rings (SSSR count). The van der Waals surface area contributed by atoms with Crippen molar-refractivity contribution in [3.63, 3.8) is 0 Å². The Kier molecular flexibility index (Phi) is 5.53. The Balaban J connectivity index is 1.76. The van der Waals surface area contributed by atoms with Gasteiger partial charge in [-0.1, -0.05) is 34.8 Å². The maximum Gasteiger partial charge on any atom is 0.323 e. The van der Waals surface area contributed by atoms with E-state index in [0.717, 1.165) is 0 Å². The third-order valence-corrected chi connectivity index (χ3v) is 6.66. The summed E-state index contributed by atoms with van der Waals surface area (Å²) in [6.45, 7) is 0.362. The lowest BCUT2D eigenvalue weighted by Gasteiger charge is -2.19. The second-order valence-electron chi connectivity index (χ2n) is 5.62. The van der Waals surface area contributed by atoms with Crippen molar-refractivity contribution >= 4 is 67.9 Å². The molecular weight excluding hydrogens is 421 g/mol. The highest BCUT2D eigenvalue weighted by Gasteiger charge is 2.30. The Bertz CT molecular complexity index is 966. The number of carbonyl (C=O) groups is 1. The van der Waals surface area contributed by atoms with E-state index in [1.807, 2.05) is 0 Å². The van der Waals surface area contributed by atoms with Crippen molar-refractivity contribution < 1.29 is 13.2 Å². The molecule has 0 saturated carbocycles. The number of nitrogens with one attached hydrogen (secondary N) is 2. The average molecular weight is 435 g/mol. The van der Waals surface area contributed by atoms with Gasteiger partial charge in [-0.15, -0.1) is 0 Å². The second-order valence-corrected chi connectivity index (χ2v) is 8.85. The van der Waals surface area contributed by atoms with E-state index in [9.17, 15) is 13.2 Å². The quantitative estimate of drug-likeness (QED) is 0.726. The first-order chi connectivity index (χ1) is 12.3. The zero-order valence-electron chi connectivity index (χ0n) is 13.3. The van der Waals surface area contributed by atoms with Crippen LogP contribution >= 0.6 is 34.8 Å². The second kappa shape index (κ2) is 7.52. The zero-order valence-corrected chi connectivity index (χ0v) is 16.4. The van der Waals surface area contributed by atoms with E-state index in [2.05, 4.69) is 10.6 Å². The molecule has 0 unspecified atom stereocenters. The molecule has 138 valence electrons. The van der Waals surface area contributed by atoms with Gasteiger partial charge in [-0.05, 0) is 42.8 Å². The molecule has 1 saturated heterocycles. The maximum absolute atomic E-state index is 12.2. The smallest absolute Gasteiger partial charge is 0.308 e. The molecule has 10 heteroatoms. The molecule has 6 nitrogen and oxygen atoms in total. The molecule has 1 aliphatic heterocycles. The average Bonchev–Trinajstić information content (AvgIpc) is 2.92. The number of hydrogen-bond donors (Lipinski definition) is 2. The van der Waals surface area contributed by atoms with Crippen LogP contribution in [0.3, 0.4) is 0 Å². The Morgan fingerprint density at radius 2 is 1.54 bits per heavy atom. The van der Waals surface area contributed by atoms with Crippen LogP contribution in [0.4, 0.5) is 21.9 Å². The highest BCUT2D eigenvalue weighted by Crippen LogP contribution is 2.33. The van der Waals surface area contributed by atoms with E-state index >= 15 is 0 Å². The monoisotopic (exact) mass is 433 g/mol. The van der Waals surface area contributed by atoms with Crippen LogP contribution in [0.5, 0.6) is 0 Å². The number of anilines is 3. The fraction of sp³-hybridized carbons (Fsp3) is 0.188. The summed E-state index contributed by atoms with van der Waals surface area (Å²) in [5.74, 6) is 0.0821. The molecule has 0 radical (unpaired) electrons. The molecule has 0 bridgehead atoms. The van der Waals surface area contributed by atoms with Crippen LogP contribution in [0.15, 0.2) is 36.4 Å². The first-order valence-electron chi connectivity index (χ1n) is 7.59. The summed E-state index contributed by atoms with van der Waals surface area (Å²) in [6.07, 6.45) is 0.536. The van der Waals surface area contributed by atoms with Crippen molar-refractivity contribution in [1.82, 2.24) is 0 Å². The number of hydrogen-bond acceptors (Lipinski definition) is 3. The van der Waals surface area contributed by atoms with Gasteiger partial charge in [-0.2, -0.15) is 0 Å². The molecule has 2 N–H and O–H groups in total. The first-order valence-corrected chi connectivity index (χ1v) is 10.3. The Morgan fingerprint density at radius 1 is 0.923 bits per heavy atom. The molecular formula is C16H14Cl3N3O3S. The van der Waals surface area contributed by atoms with Crippen molar-refractivity contribution in [2.24, 2.45) is 0 Å². The SMILES string of the molecule is O=C(Nc1ccc(Cl)c(Cl)c1)Nc1ccc(Cl)c(N2CCCS2(=O)=O)c1. The lowest BCUT2D eigenvalue weighted by molar-refractivity contribution is 0.262. The van der Waals surface area contributed by atoms with Gasteiger partial charge < -0.3 is 10.6 Å². The van der Waals surface area contributed by atoms with Crippen LogP contribution in [-0.2, 0) is 10.0 Å². The molecule has 2 amide bonds. The van der Waals surface area contributed by atoms with Gasteiger partial charge in [-0.25, -0.2) is 13.2 Å². The van der Waals surface area contributed by atoms with E-state index in [-0.39, 0.29) is 5.75 Å². The number of rotatable bonds is 3. The van der Waals surface area contributed by atoms with Gasteiger partial charge in [0.1, 0.15) is 0 Å². The fourth-order valence-corrected chi connectivity index (χ4v) is 4.70. The minimum absolute atomic E-state index is 0.0821. The highest BCUT2D eigenvalue weighted by atomic mass is 35.5. The van der Waals surface area contributed by atoms with E-state index in [4.69, 9.17) is 34.8 Å². The van der Waals surface area contributed by atoms with E-state index in [0.29, 0.717) is 45.1 Å². The third-order valence-electron chi connectivity index (χ3n) is 3.75. The number of amides is 2. The van der Waals surface area contributed by atoms with Crippen molar-refractivity contribution in [3.8, 4) is 0 Å². The van der Waals surface area contributed by atoms with Gasteiger partial charge >= 0.3 is 6.03 Å². The van der Waals surface area contributed by atoms with Crippen LogP contribution in [0.25, 0.3) is 0 Å². The maximum atomic E-state index is 12.2. The lowest BCUT2D eigenvalue weighted by Crippen LogP contribution is -2.26. The predicted octanol–water partition coefficient (Wildman–Crippen LogP) is 4.83. The van der Waals surface area contributed by atoms with Gasteiger partial charge in [0, 0.05) is 17.9 Å².